The molecule has 0 aliphatic carbocycles. The third kappa shape index (κ3) is 4.35. The Bertz CT molecular complexity index is 1220. The average Bonchev–Trinajstić information content (AvgIpc) is 3.05. The summed E-state index contributed by atoms with van der Waals surface area (Å²) < 4.78 is 27.3. The zero-order valence-corrected chi connectivity index (χ0v) is 18.3. The van der Waals surface area contributed by atoms with Crippen LogP contribution < -0.4 is 15.1 Å². The second-order valence-corrected chi connectivity index (χ2v) is 7.53. The van der Waals surface area contributed by atoms with Crippen molar-refractivity contribution in [1.82, 2.24) is 0 Å². The van der Waals surface area contributed by atoms with E-state index in [0.29, 0.717) is 11.3 Å². The van der Waals surface area contributed by atoms with Gasteiger partial charge in [0, 0.05) is 24.5 Å². The van der Waals surface area contributed by atoms with Crippen molar-refractivity contribution in [3.63, 3.8) is 0 Å². The summed E-state index contributed by atoms with van der Waals surface area (Å²) >= 11 is 0. The van der Waals surface area contributed by atoms with Crippen molar-refractivity contribution in [2.45, 2.75) is 13.8 Å². The molecule has 33 heavy (non-hydrogen) atoms. The monoisotopic (exact) mass is 447 g/mol. The van der Waals surface area contributed by atoms with Gasteiger partial charge in [-0.1, -0.05) is 18.2 Å². The summed E-state index contributed by atoms with van der Waals surface area (Å²) in [6.45, 7) is 5.86. The minimum Gasteiger partial charge on any atom is -0.372 e. The summed E-state index contributed by atoms with van der Waals surface area (Å²) in [5, 5.41) is 3.06. The largest absolute Gasteiger partial charge is 0.372 e. The summed E-state index contributed by atoms with van der Waals surface area (Å²) in [5.74, 6) is -2.25. The van der Waals surface area contributed by atoms with Crippen molar-refractivity contribution in [1.29, 1.82) is 0 Å². The molecule has 0 bridgehead atoms. The molecule has 2 amide bonds. The molecule has 0 atom stereocenters. The fourth-order valence-corrected chi connectivity index (χ4v) is 3.87. The van der Waals surface area contributed by atoms with Crippen LogP contribution in [0.2, 0.25) is 0 Å². The lowest BCUT2D eigenvalue weighted by atomic mass is 10.0. The van der Waals surface area contributed by atoms with Gasteiger partial charge in [0.2, 0.25) is 0 Å². The molecule has 168 valence electrons. The van der Waals surface area contributed by atoms with Gasteiger partial charge in [-0.3, -0.25) is 9.59 Å². The summed E-state index contributed by atoms with van der Waals surface area (Å²) in [6.07, 6.45) is 0. The van der Waals surface area contributed by atoms with Gasteiger partial charge in [-0.05, 0) is 74.0 Å². The number of hydrogen-bond donors (Lipinski definition) is 1. The van der Waals surface area contributed by atoms with Crippen LogP contribution in [0.15, 0.2) is 78.5 Å². The van der Waals surface area contributed by atoms with Crippen molar-refractivity contribution in [3.05, 3.63) is 95.7 Å². The smallest absolute Gasteiger partial charge is 0.282 e. The van der Waals surface area contributed by atoms with E-state index >= 15 is 0 Å². The number of halogens is 2. The molecule has 3 aromatic rings. The van der Waals surface area contributed by atoms with E-state index in [9.17, 15) is 18.4 Å². The number of carbonyl (C=O) groups is 2. The van der Waals surface area contributed by atoms with Crippen LogP contribution in [-0.2, 0) is 9.59 Å². The minimum absolute atomic E-state index is 0.0476. The predicted octanol–water partition coefficient (Wildman–Crippen LogP) is 5.21. The van der Waals surface area contributed by atoms with Gasteiger partial charge in [-0.15, -0.1) is 0 Å². The summed E-state index contributed by atoms with van der Waals surface area (Å²) in [7, 11) is 0. The van der Waals surface area contributed by atoms with Gasteiger partial charge in [0.05, 0.1) is 11.3 Å². The molecule has 1 aliphatic rings. The number of carbonyl (C=O) groups excluding carboxylic acids is 2. The number of benzene rings is 3. The summed E-state index contributed by atoms with van der Waals surface area (Å²) in [5.41, 5.74) is 2.30. The van der Waals surface area contributed by atoms with Crippen LogP contribution in [0.3, 0.4) is 0 Å². The number of amides is 2. The van der Waals surface area contributed by atoms with Crippen molar-refractivity contribution < 1.29 is 18.4 Å². The molecule has 0 unspecified atom stereocenters. The topological polar surface area (TPSA) is 52.7 Å². The maximum Gasteiger partial charge on any atom is 0.282 e. The van der Waals surface area contributed by atoms with E-state index in [1.807, 2.05) is 24.3 Å². The van der Waals surface area contributed by atoms with Crippen LogP contribution in [0, 0.1) is 11.6 Å². The number of hydrogen-bond acceptors (Lipinski definition) is 4. The van der Waals surface area contributed by atoms with Crippen LogP contribution in [0.25, 0.3) is 5.57 Å². The molecule has 7 heteroatoms. The Morgan fingerprint density at radius 2 is 1.48 bits per heavy atom. The zero-order chi connectivity index (χ0) is 23.5. The molecular weight excluding hydrogens is 424 g/mol. The van der Waals surface area contributed by atoms with Crippen molar-refractivity contribution in [2.24, 2.45) is 0 Å². The van der Waals surface area contributed by atoms with E-state index in [1.54, 1.807) is 0 Å². The molecule has 0 radical (unpaired) electrons. The Morgan fingerprint density at radius 3 is 2.09 bits per heavy atom. The highest BCUT2D eigenvalue weighted by molar-refractivity contribution is 6.46. The molecule has 1 N–H and O–H groups in total. The number of anilines is 3. The van der Waals surface area contributed by atoms with Crippen LogP contribution in [0.4, 0.5) is 25.8 Å². The highest BCUT2D eigenvalue weighted by Gasteiger charge is 2.40. The Balaban J connectivity index is 1.74. The lowest BCUT2D eigenvalue weighted by Gasteiger charge is -2.21. The van der Waals surface area contributed by atoms with Gasteiger partial charge in [-0.25, -0.2) is 13.7 Å². The molecule has 0 aromatic heterocycles. The summed E-state index contributed by atoms with van der Waals surface area (Å²) in [6, 6.07) is 18.1. The molecule has 0 saturated heterocycles. The van der Waals surface area contributed by atoms with Crippen LogP contribution in [0.1, 0.15) is 19.4 Å². The molecule has 4 rings (SSSR count). The van der Waals surface area contributed by atoms with E-state index in [4.69, 9.17) is 0 Å². The normalized spacial score (nSPS) is 13.6. The SMILES string of the molecule is CCN(CC)c1ccc(NC2=C(c3ccc(F)cc3)C(=O)N(c3cccc(F)c3)C2=O)cc1. The first-order valence-corrected chi connectivity index (χ1v) is 10.7. The first kappa shape index (κ1) is 22.2. The number of nitrogens with zero attached hydrogens (tertiary/aromatic N) is 2. The highest BCUT2D eigenvalue weighted by atomic mass is 19.1. The Kier molecular flexibility index (Phi) is 6.22. The van der Waals surface area contributed by atoms with Gasteiger partial charge in [0.25, 0.3) is 11.8 Å². The first-order valence-electron chi connectivity index (χ1n) is 10.7. The molecule has 3 aromatic carbocycles. The first-order chi connectivity index (χ1) is 15.9. The van der Waals surface area contributed by atoms with Crippen molar-refractivity contribution in [2.75, 3.05) is 28.2 Å². The second-order valence-electron chi connectivity index (χ2n) is 7.53. The van der Waals surface area contributed by atoms with E-state index in [0.717, 1.165) is 29.7 Å². The molecule has 1 heterocycles. The highest BCUT2D eigenvalue weighted by Crippen LogP contribution is 2.34. The molecular formula is C26H23F2N3O2. The fraction of sp³-hybridized carbons (Fsp3) is 0.154. The van der Waals surface area contributed by atoms with E-state index in [-0.39, 0.29) is 17.0 Å². The third-order valence-electron chi connectivity index (χ3n) is 5.55. The molecule has 1 aliphatic heterocycles. The Morgan fingerprint density at radius 1 is 0.818 bits per heavy atom. The average molecular weight is 447 g/mol. The van der Waals surface area contributed by atoms with E-state index in [1.165, 1.54) is 42.5 Å². The number of nitrogens with one attached hydrogen (secondary N) is 1. The maximum atomic E-state index is 13.8. The minimum atomic E-state index is -0.613. The van der Waals surface area contributed by atoms with Crippen molar-refractivity contribution in [3.8, 4) is 0 Å². The van der Waals surface area contributed by atoms with Gasteiger partial charge < -0.3 is 10.2 Å². The van der Waals surface area contributed by atoms with Gasteiger partial charge in [0.1, 0.15) is 17.3 Å². The number of imide groups is 1. The Hall–Kier alpha value is -4.00. The second kappa shape index (κ2) is 9.24. The van der Waals surface area contributed by atoms with Crippen LogP contribution >= 0.6 is 0 Å². The van der Waals surface area contributed by atoms with Crippen LogP contribution in [0.5, 0.6) is 0 Å². The summed E-state index contributed by atoms with van der Waals surface area (Å²) in [4.78, 5) is 29.8. The van der Waals surface area contributed by atoms with E-state index < -0.39 is 23.4 Å². The van der Waals surface area contributed by atoms with Crippen molar-refractivity contribution >= 4 is 34.4 Å². The molecule has 0 spiro atoms. The molecule has 0 saturated carbocycles. The van der Waals surface area contributed by atoms with Gasteiger partial charge >= 0.3 is 0 Å². The lowest BCUT2D eigenvalue weighted by molar-refractivity contribution is -0.120. The quantitative estimate of drug-likeness (QED) is 0.506. The van der Waals surface area contributed by atoms with E-state index in [2.05, 4.69) is 24.1 Å². The zero-order valence-electron chi connectivity index (χ0n) is 18.3. The third-order valence-corrected chi connectivity index (χ3v) is 5.55. The van der Waals surface area contributed by atoms with Crippen LogP contribution in [-0.4, -0.2) is 24.9 Å². The fourth-order valence-electron chi connectivity index (χ4n) is 3.87. The van der Waals surface area contributed by atoms with Gasteiger partial charge in [0.15, 0.2) is 0 Å². The lowest BCUT2D eigenvalue weighted by Crippen LogP contribution is -2.32. The van der Waals surface area contributed by atoms with Gasteiger partial charge in [-0.2, -0.15) is 0 Å². The standard InChI is InChI=1S/C26H23F2N3O2/c1-3-30(4-2)21-14-12-20(13-15-21)29-24-23(17-8-10-18(27)11-9-17)25(32)31(26(24)33)22-7-5-6-19(28)16-22/h5-16,29H,3-4H2,1-2H3. The molecule has 0 fully saturated rings. The molecule has 5 nitrogen and oxygen atoms in total. The number of rotatable bonds is 7. The predicted molar refractivity (Wildman–Crippen MR) is 126 cm³/mol. The maximum absolute atomic E-state index is 13.8. The Labute approximate surface area is 190 Å².